The number of carbonyl (C=O) groups is 2. The molecule has 1 fully saturated rings. The van der Waals surface area contributed by atoms with E-state index in [0.29, 0.717) is 5.69 Å². The van der Waals surface area contributed by atoms with Crippen molar-refractivity contribution in [2.24, 2.45) is 11.8 Å². The number of aliphatic carboxylic acids is 1. The zero-order valence-corrected chi connectivity index (χ0v) is 14.3. The Morgan fingerprint density at radius 1 is 1.19 bits per heavy atom. The quantitative estimate of drug-likeness (QED) is 0.855. The minimum Gasteiger partial charge on any atom is -0.481 e. The van der Waals surface area contributed by atoms with E-state index in [0.717, 1.165) is 16.3 Å². The number of carboxylic acids is 1. The van der Waals surface area contributed by atoms with Gasteiger partial charge in [0, 0.05) is 25.0 Å². The van der Waals surface area contributed by atoms with Crippen molar-refractivity contribution < 1.29 is 27.9 Å². The van der Waals surface area contributed by atoms with Crippen LogP contribution in [-0.2, 0) is 4.79 Å². The Labute approximate surface area is 152 Å². The Morgan fingerprint density at radius 3 is 2.33 bits per heavy atom. The summed E-state index contributed by atoms with van der Waals surface area (Å²) in [4.78, 5) is 24.2. The number of aryl methyl sites for hydroxylation is 1. The maximum Gasteiger partial charge on any atom is 0.394 e. The summed E-state index contributed by atoms with van der Waals surface area (Å²) in [5, 5.41) is 15.8. The summed E-state index contributed by atoms with van der Waals surface area (Å²) in [6.07, 6.45) is -2.90. The number of urea groups is 1. The summed E-state index contributed by atoms with van der Waals surface area (Å²) in [5.41, 5.74) is 1.98. The smallest absolute Gasteiger partial charge is 0.394 e. The van der Waals surface area contributed by atoms with Crippen LogP contribution in [0.4, 0.5) is 23.7 Å². The fourth-order valence-electron chi connectivity index (χ4n) is 3.01. The zero-order valence-electron chi connectivity index (χ0n) is 14.3. The first kappa shape index (κ1) is 18.7. The highest BCUT2D eigenvalue weighted by molar-refractivity contribution is 5.90. The van der Waals surface area contributed by atoms with E-state index in [9.17, 15) is 22.8 Å². The van der Waals surface area contributed by atoms with Gasteiger partial charge >= 0.3 is 18.2 Å². The molecule has 0 saturated carbocycles. The van der Waals surface area contributed by atoms with Crippen molar-refractivity contribution in [3.8, 4) is 5.69 Å². The lowest BCUT2D eigenvalue weighted by molar-refractivity contribution is -0.187. The van der Waals surface area contributed by atoms with Crippen LogP contribution in [-0.4, -0.2) is 51.1 Å². The van der Waals surface area contributed by atoms with Crippen LogP contribution in [0.3, 0.4) is 0 Å². The predicted molar refractivity (Wildman–Crippen MR) is 89.6 cm³/mol. The Balaban J connectivity index is 1.67. The molecule has 2 amide bonds. The molecule has 1 saturated heterocycles. The summed E-state index contributed by atoms with van der Waals surface area (Å²) in [6.45, 7) is 0.673. The van der Waals surface area contributed by atoms with Crippen molar-refractivity contribution in [1.29, 1.82) is 0 Å². The second-order valence-electron chi connectivity index (χ2n) is 6.38. The number of anilines is 1. The minimum absolute atomic E-state index is 0.384. The molecule has 0 spiro atoms. The van der Waals surface area contributed by atoms with Crippen molar-refractivity contribution in [2.45, 2.75) is 13.1 Å². The van der Waals surface area contributed by atoms with E-state index in [1.165, 1.54) is 0 Å². The number of rotatable bonds is 3. The third-order valence-corrected chi connectivity index (χ3v) is 4.45. The molecule has 10 heteroatoms. The number of likely N-dealkylation sites (tertiary alicyclic amines) is 1. The average Bonchev–Trinajstić information content (AvgIpc) is 3.22. The highest BCUT2D eigenvalue weighted by Crippen LogP contribution is 2.37. The van der Waals surface area contributed by atoms with Gasteiger partial charge in [0.05, 0.1) is 23.2 Å². The fourth-order valence-corrected chi connectivity index (χ4v) is 3.01. The molecule has 144 valence electrons. The van der Waals surface area contributed by atoms with Crippen molar-refractivity contribution in [3.63, 3.8) is 0 Å². The van der Waals surface area contributed by atoms with Gasteiger partial charge in [-0.15, -0.1) is 0 Å². The number of nitrogens with zero attached hydrogens (tertiary/aromatic N) is 3. The van der Waals surface area contributed by atoms with Crippen molar-refractivity contribution >= 4 is 17.7 Å². The molecule has 0 radical (unpaired) electrons. The van der Waals surface area contributed by atoms with E-state index in [-0.39, 0.29) is 0 Å². The number of hydrogen-bond donors (Lipinski definition) is 2. The van der Waals surface area contributed by atoms with Gasteiger partial charge < -0.3 is 15.3 Å². The molecular formula is C17H17F3N4O3. The maximum absolute atomic E-state index is 13.0. The summed E-state index contributed by atoms with van der Waals surface area (Å²) in [6, 6.07) is 7.65. The van der Waals surface area contributed by atoms with E-state index >= 15 is 0 Å². The Kier molecular flexibility index (Phi) is 4.81. The molecule has 1 aromatic heterocycles. The van der Waals surface area contributed by atoms with Gasteiger partial charge in [0.15, 0.2) is 0 Å². The molecule has 2 atom stereocenters. The molecule has 1 aromatic carbocycles. The Bertz CT molecular complexity index is 848. The second kappa shape index (κ2) is 6.93. The topological polar surface area (TPSA) is 87.5 Å². The van der Waals surface area contributed by atoms with Gasteiger partial charge in [-0.2, -0.15) is 18.3 Å². The second-order valence-corrected chi connectivity index (χ2v) is 6.38. The molecule has 2 aromatic rings. The molecule has 0 aliphatic carbocycles. The molecule has 27 heavy (non-hydrogen) atoms. The molecule has 2 heterocycles. The number of aromatic nitrogens is 2. The first-order chi connectivity index (χ1) is 12.6. The normalized spacial score (nSPS) is 19.9. The number of hydrogen-bond acceptors (Lipinski definition) is 3. The zero-order chi connectivity index (χ0) is 19.8. The third kappa shape index (κ3) is 4.04. The van der Waals surface area contributed by atoms with Crippen LogP contribution in [0.2, 0.25) is 0 Å². The SMILES string of the molecule is Cc1ccn(-c2ccc(NC(=O)N3C[C@@H](C(F)(F)F)[C@H](C(=O)O)C3)cc2)n1. The first-order valence-electron chi connectivity index (χ1n) is 8.13. The van der Waals surface area contributed by atoms with Gasteiger partial charge in [-0.3, -0.25) is 4.79 Å². The summed E-state index contributed by atoms with van der Waals surface area (Å²) in [5.74, 6) is -5.31. The molecule has 0 bridgehead atoms. The van der Waals surface area contributed by atoms with Crippen molar-refractivity contribution in [3.05, 3.63) is 42.2 Å². The lowest BCUT2D eigenvalue weighted by Crippen LogP contribution is -2.35. The first-order valence-corrected chi connectivity index (χ1v) is 8.13. The molecule has 7 nitrogen and oxygen atoms in total. The van der Waals surface area contributed by atoms with Gasteiger partial charge in [-0.05, 0) is 37.3 Å². The lowest BCUT2D eigenvalue weighted by Gasteiger charge is -2.18. The molecular weight excluding hydrogens is 365 g/mol. The summed E-state index contributed by atoms with van der Waals surface area (Å²) >= 11 is 0. The van der Waals surface area contributed by atoms with E-state index in [1.54, 1.807) is 35.1 Å². The highest BCUT2D eigenvalue weighted by Gasteiger charge is 2.53. The van der Waals surface area contributed by atoms with Gasteiger partial charge in [0.2, 0.25) is 0 Å². The van der Waals surface area contributed by atoms with Crippen molar-refractivity contribution in [2.75, 3.05) is 18.4 Å². The lowest BCUT2D eigenvalue weighted by atomic mass is 9.96. The van der Waals surface area contributed by atoms with Crippen LogP contribution in [0.15, 0.2) is 36.5 Å². The maximum atomic E-state index is 13.0. The summed E-state index contributed by atoms with van der Waals surface area (Å²) < 4.78 is 40.7. The van der Waals surface area contributed by atoms with Crippen LogP contribution in [0, 0.1) is 18.8 Å². The largest absolute Gasteiger partial charge is 0.481 e. The molecule has 2 N–H and O–H groups in total. The summed E-state index contributed by atoms with van der Waals surface area (Å²) in [7, 11) is 0. The Hall–Kier alpha value is -3.04. The standard InChI is InChI=1S/C17H17F3N4O3/c1-10-6-7-24(22-10)12-4-2-11(3-5-12)21-16(27)23-8-13(15(25)26)14(9-23)17(18,19)20/h2-7,13-14H,8-9H2,1H3,(H,21,27)(H,25,26)/t13-,14-/m1/s1. The highest BCUT2D eigenvalue weighted by atomic mass is 19.4. The number of amides is 2. The van der Waals surface area contributed by atoms with Crippen LogP contribution in [0.25, 0.3) is 5.69 Å². The number of benzene rings is 1. The van der Waals surface area contributed by atoms with Crippen LogP contribution < -0.4 is 5.32 Å². The number of halogens is 3. The van der Waals surface area contributed by atoms with Crippen molar-refractivity contribution in [1.82, 2.24) is 14.7 Å². The van der Waals surface area contributed by atoms with Gasteiger partial charge in [0.25, 0.3) is 0 Å². The third-order valence-electron chi connectivity index (χ3n) is 4.45. The van der Waals surface area contributed by atoms with E-state index in [4.69, 9.17) is 5.11 Å². The van der Waals surface area contributed by atoms with Gasteiger partial charge in [-0.25, -0.2) is 9.48 Å². The number of alkyl halides is 3. The number of nitrogens with one attached hydrogen (secondary N) is 1. The van der Waals surface area contributed by atoms with Gasteiger partial charge in [-0.1, -0.05) is 0 Å². The van der Waals surface area contributed by atoms with E-state index in [1.807, 2.05) is 13.0 Å². The number of carboxylic acid groups (broad SMARTS) is 1. The predicted octanol–water partition coefficient (Wildman–Crippen LogP) is 2.91. The monoisotopic (exact) mass is 382 g/mol. The van der Waals surface area contributed by atoms with E-state index in [2.05, 4.69) is 10.4 Å². The molecule has 3 rings (SSSR count). The molecule has 1 aliphatic heterocycles. The molecule has 1 aliphatic rings. The van der Waals surface area contributed by atoms with Gasteiger partial charge in [0.1, 0.15) is 0 Å². The average molecular weight is 382 g/mol. The van der Waals surface area contributed by atoms with Crippen LogP contribution in [0.1, 0.15) is 5.69 Å². The van der Waals surface area contributed by atoms with E-state index < -0.39 is 43.1 Å². The minimum atomic E-state index is -4.68. The Morgan fingerprint density at radius 2 is 1.85 bits per heavy atom. The van der Waals surface area contributed by atoms with Crippen LogP contribution in [0.5, 0.6) is 0 Å². The van der Waals surface area contributed by atoms with Crippen LogP contribution >= 0.6 is 0 Å². The number of carbonyl (C=O) groups excluding carboxylic acids is 1. The fraction of sp³-hybridized carbons (Fsp3) is 0.353. The molecule has 0 unspecified atom stereocenters.